The first-order valence-corrected chi connectivity index (χ1v) is 6.19. The highest BCUT2D eigenvalue weighted by atomic mass is 16.5. The predicted octanol–water partition coefficient (Wildman–Crippen LogP) is 0.897. The number of nitrogens with one attached hydrogen (secondary N) is 1. The van der Waals surface area contributed by atoms with E-state index in [-0.39, 0.29) is 18.9 Å². The van der Waals surface area contributed by atoms with Gasteiger partial charge in [-0.25, -0.2) is 4.79 Å². The topological polar surface area (TPSA) is 75.6 Å². The smallest absolute Gasteiger partial charge is 0.331 e. The van der Waals surface area contributed by atoms with Gasteiger partial charge in [-0.05, 0) is 12.5 Å². The van der Waals surface area contributed by atoms with E-state index in [0.29, 0.717) is 13.0 Å². The van der Waals surface area contributed by atoms with Crippen molar-refractivity contribution in [2.24, 2.45) is 0 Å². The molecule has 2 rings (SSSR count). The number of hydrogen-bond acceptors (Lipinski definition) is 3. The molecule has 2 N–H and O–H groups in total. The van der Waals surface area contributed by atoms with Gasteiger partial charge in [0, 0.05) is 13.0 Å². The molecule has 19 heavy (non-hydrogen) atoms. The van der Waals surface area contributed by atoms with Crippen LogP contribution in [-0.2, 0) is 20.7 Å². The van der Waals surface area contributed by atoms with Crippen LogP contribution < -0.4 is 5.32 Å². The number of aryl methyl sites for hydroxylation is 1. The zero-order valence-electron chi connectivity index (χ0n) is 10.8. The van der Waals surface area contributed by atoms with Crippen LogP contribution in [0.25, 0.3) is 0 Å². The van der Waals surface area contributed by atoms with Crippen LogP contribution in [0.15, 0.2) is 24.3 Å². The van der Waals surface area contributed by atoms with Crippen molar-refractivity contribution in [1.82, 2.24) is 5.32 Å². The van der Waals surface area contributed by atoms with Gasteiger partial charge in [0.25, 0.3) is 0 Å². The van der Waals surface area contributed by atoms with Gasteiger partial charge in [-0.3, -0.25) is 4.79 Å². The molecule has 1 saturated heterocycles. The quantitative estimate of drug-likeness (QED) is 0.846. The molecule has 102 valence electrons. The second-order valence-corrected chi connectivity index (χ2v) is 4.90. The first-order chi connectivity index (χ1) is 9.02. The van der Waals surface area contributed by atoms with Crippen molar-refractivity contribution in [1.29, 1.82) is 0 Å². The Morgan fingerprint density at radius 1 is 1.37 bits per heavy atom. The lowest BCUT2D eigenvalue weighted by atomic mass is 9.98. The number of ether oxygens (including phenoxy) is 1. The third-order valence-corrected chi connectivity index (χ3v) is 3.30. The highest BCUT2D eigenvalue weighted by molar-refractivity contribution is 5.88. The van der Waals surface area contributed by atoms with E-state index >= 15 is 0 Å². The molecule has 1 fully saturated rings. The Morgan fingerprint density at radius 2 is 2.05 bits per heavy atom. The molecule has 0 spiro atoms. The maximum atomic E-state index is 11.9. The van der Waals surface area contributed by atoms with E-state index < -0.39 is 11.5 Å². The maximum absolute atomic E-state index is 11.9. The zero-order chi connectivity index (χ0) is 13.9. The first-order valence-electron chi connectivity index (χ1n) is 6.19. The van der Waals surface area contributed by atoms with Gasteiger partial charge in [0.2, 0.25) is 5.91 Å². The van der Waals surface area contributed by atoms with Gasteiger partial charge in [-0.15, -0.1) is 0 Å². The fraction of sp³-hybridized carbons (Fsp3) is 0.429. The molecular weight excluding hydrogens is 246 g/mol. The van der Waals surface area contributed by atoms with Crippen LogP contribution in [0, 0.1) is 6.92 Å². The monoisotopic (exact) mass is 263 g/mol. The standard InChI is InChI=1S/C14H17NO4/c1-10-2-4-11(5-3-10)8-12(16)15-14(13(17)18)6-7-19-9-14/h2-5H,6-9H2,1H3,(H,15,16)(H,17,18). The summed E-state index contributed by atoms with van der Waals surface area (Å²) in [5.74, 6) is -1.33. The molecule has 1 aromatic rings. The summed E-state index contributed by atoms with van der Waals surface area (Å²) in [6.45, 7) is 2.36. The van der Waals surface area contributed by atoms with Crippen LogP contribution in [-0.4, -0.2) is 35.7 Å². The Kier molecular flexibility index (Phi) is 3.85. The summed E-state index contributed by atoms with van der Waals surface area (Å²) in [6, 6.07) is 7.59. The van der Waals surface area contributed by atoms with E-state index in [1.54, 1.807) is 0 Å². The number of carboxylic acid groups (broad SMARTS) is 1. The molecule has 0 bridgehead atoms. The van der Waals surface area contributed by atoms with Gasteiger partial charge in [0.15, 0.2) is 5.54 Å². The average Bonchev–Trinajstić information content (AvgIpc) is 2.82. The second-order valence-electron chi connectivity index (χ2n) is 4.90. The van der Waals surface area contributed by atoms with E-state index in [1.807, 2.05) is 31.2 Å². The van der Waals surface area contributed by atoms with Crippen LogP contribution in [0.2, 0.25) is 0 Å². The SMILES string of the molecule is Cc1ccc(CC(=O)NC2(C(=O)O)CCOC2)cc1. The molecule has 1 atom stereocenters. The van der Waals surface area contributed by atoms with Crippen LogP contribution in [0.4, 0.5) is 0 Å². The molecule has 1 amide bonds. The Balaban J connectivity index is 2.00. The highest BCUT2D eigenvalue weighted by Crippen LogP contribution is 2.19. The average molecular weight is 263 g/mol. The highest BCUT2D eigenvalue weighted by Gasteiger charge is 2.43. The number of hydrogen-bond donors (Lipinski definition) is 2. The van der Waals surface area contributed by atoms with Gasteiger partial charge in [-0.1, -0.05) is 29.8 Å². The van der Waals surface area contributed by atoms with E-state index in [4.69, 9.17) is 4.74 Å². The van der Waals surface area contributed by atoms with Gasteiger partial charge < -0.3 is 15.2 Å². The van der Waals surface area contributed by atoms with Crippen molar-refractivity contribution in [3.63, 3.8) is 0 Å². The molecule has 0 aliphatic carbocycles. The zero-order valence-corrected chi connectivity index (χ0v) is 10.8. The van der Waals surface area contributed by atoms with E-state index in [9.17, 15) is 14.7 Å². The van der Waals surface area contributed by atoms with Crippen LogP contribution in [0.5, 0.6) is 0 Å². The van der Waals surface area contributed by atoms with Crippen molar-refractivity contribution in [2.45, 2.75) is 25.3 Å². The lowest BCUT2D eigenvalue weighted by molar-refractivity contribution is -0.147. The van der Waals surface area contributed by atoms with E-state index in [0.717, 1.165) is 11.1 Å². The molecule has 1 aromatic carbocycles. The number of aliphatic carboxylic acids is 1. The van der Waals surface area contributed by atoms with Crippen LogP contribution in [0.1, 0.15) is 17.5 Å². The molecular formula is C14H17NO4. The van der Waals surface area contributed by atoms with E-state index in [1.165, 1.54) is 0 Å². The van der Waals surface area contributed by atoms with Gasteiger partial charge in [-0.2, -0.15) is 0 Å². The third kappa shape index (κ3) is 3.12. The molecule has 0 radical (unpaired) electrons. The number of carbonyl (C=O) groups is 2. The first kappa shape index (κ1) is 13.5. The van der Waals surface area contributed by atoms with E-state index in [2.05, 4.69) is 5.32 Å². The van der Waals surface area contributed by atoms with Crippen LogP contribution in [0.3, 0.4) is 0 Å². The Morgan fingerprint density at radius 3 is 2.58 bits per heavy atom. The van der Waals surface area contributed by atoms with Crippen molar-refractivity contribution in [3.05, 3.63) is 35.4 Å². The maximum Gasteiger partial charge on any atom is 0.331 e. The van der Waals surface area contributed by atoms with Crippen molar-refractivity contribution >= 4 is 11.9 Å². The summed E-state index contributed by atoms with van der Waals surface area (Å²) in [5, 5.41) is 11.8. The van der Waals surface area contributed by atoms with Crippen molar-refractivity contribution < 1.29 is 19.4 Å². The van der Waals surface area contributed by atoms with Crippen molar-refractivity contribution in [2.75, 3.05) is 13.2 Å². The number of amides is 1. The lowest BCUT2D eigenvalue weighted by Gasteiger charge is -2.23. The summed E-state index contributed by atoms with van der Waals surface area (Å²) in [7, 11) is 0. The number of rotatable bonds is 4. The fourth-order valence-corrected chi connectivity index (χ4v) is 2.09. The van der Waals surface area contributed by atoms with Crippen LogP contribution >= 0.6 is 0 Å². The third-order valence-electron chi connectivity index (χ3n) is 3.30. The predicted molar refractivity (Wildman–Crippen MR) is 68.8 cm³/mol. The fourth-order valence-electron chi connectivity index (χ4n) is 2.09. The largest absolute Gasteiger partial charge is 0.479 e. The molecule has 1 unspecified atom stereocenters. The molecule has 5 nitrogen and oxygen atoms in total. The molecule has 0 saturated carbocycles. The minimum Gasteiger partial charge on any atom is -0.479 e. The number of benzene rings is 1. The Labute approximate surface area is 111 Å². The molecule has 1 heterocycles. The summed E-state index contributed by atoms with van der Waals surface area (Å²) in [6.07, 6.45) is 0.483. The second kappa shape index (κ2) is 5.40. The normalized spacial score (nSPS) is 22.2. The molecule has 1 aliphatic heterocycles. The van der Waals surface area contributed by atoms with Crippen molar-refractivity contribution in [3.8, 4) is 0 Å². The minimum absolute atomic E-state index is 0.0297. The Hall–Kier alpha value is -1.88. The summed E-state index contributed by atoms with van der Waals surface area (Å²) >= 11 is 0. The number of carbonyl (C=O) groups excluding carboxylic acids is 1. The summed E-state index contributed by atoms with van der Waals surface area (Å²) < 4.78 is 5.09. The molecule has 0 aromatic heterocycles. The molecule has 1 aliphatic rings. The van der Waals surface area contributed by atoms with Gasteiger partial charge in [0.1, 0.15) is 0 Å². The summed E-state index contributed by atoms with van der Waals surface area (Å²) in [5.41, 5.74) is 0.722. The van der Waals surface area contributed by atoms with Gasteiger partial charge in [0.05, 0.1) is 13.0 Å². The molecule has 5 heteroatoms. The summed E-state index contributed by atoms with van der Waals surface area (Å²) in [4.78, 5) is 23.2. The number of carboxylic acids is 1. The van der Waals surface area contributed by atoms with Gasteiger partial charge >= 0.3 is 5.97 Å². The Bertz CT molecular complexity index is 475. The minimum atomic E-state index is -1.26. The lowest BCUT2D eigenvalue weighted by Crippen LogP contribution is -2.55.